The van der Waals surface area contributed by atoms with Crippen molar-refractivity contribution in [1.29, 1.82) is 5.26 Å². The van der Waals surface area contributed by atoms with Gasteiger partial charge in [0.15, 0.2) is 5.57 Å². The van der Waals surface area contributed by atoms with Crippen LogP contribution in [-0.4, -0.2) is 28.5 Å². The zero-order valence-corrected chi connectivity index (χ0v) is 14.5. The summed E-state index contributed by atoms with van der Waals surface area (Å²) >= 11 is 1.07. The van der Waals surface area contributed by atoms with Crippen molar-refractivity contribution in [1.82, 2.24) is 9.47 Å². The molecule has 0 unspecified atom stereocenters. The molecule has 1 aromatic heterocycles. The maximum absolute atomic E-state index is 13.3. The van der Waals surface area contributed by atoms with Crippen LogP contribution in [0, 0.1) is 17.1 Å². The van der Waals surface area contributed by atoms with Crippen LogP contribution in [0.25, 0.3) is 11.6 Å². The maximum atomic E-state index is 13.3. The Morgan fingerprint density at radius 3 is 2.72 bits per heavy atom. The summed E-state index contributed by atoms with van der Waals surface area (Å²) in [5, 5.41) is 9.46. The number of hydrogen-bond acceptors (Lipinski definition) is 4. The average Bonchev–Trinajstić information content (AvgIpc) is 3.21. The van der Waals surface area contributed by atoms with Crippen molar-refractivity contribution in [3.63, 3.8) is 0 Å². The van der Waals surface area contributed by atoms with Gasteiger partial charge in [-0.3, -0.25) is 9.59 Å². The summed E-state index contributed by atoms with van der Waals surface area (Å²) in [4.78, 5) is 26.6. The van der Waals surface area contributed by atoms with Crippen molar-refractivity contribution in [2.24, 2.45) is 7.05 Å². The van der Waals surface area contributed by atoms with Crippen LogP contribution in [0.3, 0.4) is 0 Å². The first kappa shape index (κ1) is 17.1. The third-order valence-corrected chi connectivity index (χ3v) is 5.29. The van der Waals surface area contributed by atoms with Gasteiger partial charge in [-0.25, -0.2) is 4.39 Å². The fourth-order valence-corrected chi connectivity index (χ4v) is 3.88. The molecular formula is C18H16FN3O2S. The van der Waals surface area contributed by atoms with E-state index in [4.69, 9.17) is 0 Å². The van der Waals surface area contributed by atoms with Gasteiger partial charge in [0.1, 0.15) is 16.5 Å². The minimum atomic E-state index is -0.393. The van der Waals surface area contributed by atoms with E-state index >= 15 is 0 Å². The fraction of sp³-hybridized carbons (Fsp3) is 0.278. The smallest absolute Gasteiger partial charge is 0.268 e. The molecule has 0 saturated carbocycles. The van der Waals surface area contributed by atoms with Crippen LogP contribution in [0.5, 0.6) is 0 Å². The van der Waals surface area contributed by atoms with Crippen molar-refractivity contribution in [3.05, 3.63) is 55.2 Å². The highest BCUT2D eigenvalue weighted by atomic mass is 32.1. The van der Waals surface area contributed by atoms with Crippen molar-refractivity contribution in [2.75, 3.05) is 13.1 Å². The largest absolute Gasteiger partial charge is 0.338 e. The number of carbonyl (C=O) groups excluding carboxylic acids is 1. The Balaban J connectivity index is 2.16. The quantitative estimate of drug-likeness (QED) is 0.795. The van der Waals surface area contributed by atoms with E-state index in [9.17, 15) is 19.2 Å². The van der Waals surface area contributed by atoms with Gasteiger partial charge >= 0.3 is 0 Å². The Hall–Kier alpha value is -2.72. The van der Waals surface area contributed by atoms with Crippen LogP contribution in [-0.2, 0) is 11.8 Å². The molecule has 1 aliphatic heterocycles. The van der Waals surface area contributed by atoms with Crippen molar-refractivity contribution in [3.8, 4) is 6.07 Å². The Kier molecular flexibility index (Phi) is 4.81. The Morgan fingerprint density at radius 2 is 2.08 bits per heavy atom. The van der Waals surface area contributed by atoms with Gasteiger partial charge in [-0.15, -0.1) is 11.3 Å². The predicted molar refractivity (Wildman–Crippen MR) is 93.6 cm³/mol. The van der Waals surface area contributed by atoms with Gasteiger partial charge in [-0.1, -0.05) is 12.1 Å². The second-order valence-electron chi connectivity index (χ2n) is 5.82. The highest BCUT2D eigenvalue weighted by Gasteiger charge is 2.23. The number of thiazole rings is 1. The zero-order chi connectivity index (χ0) is 18.0. The minimum absolute atomic E-state index is 0.0228. The van der Waals surface area contributed by atoms with Crippen LogP contribution in [0.4, 0.5) is 4.39 Å². The number of nitrogens with zero attached hydrogens (tertiary/aromatic N) is 3. The standard InChI is InChI=1S/C18H16FN3O2S/c1-21-17(24)15(10-12-5-4-6-13(19)9-12)25-18(21)14(11-20)16(23)22-7-2-3-8-22/h4-6,9-10H,2-3,7-8H2,1H3/b15-10-,18-14+. The molecule has 0 spiro atoms. The molecule has 1 fully saturated rings. The lowest BCUT2D eigenvalue weighted by Crippen LogP contribution is -2.34. The number of hydrogen-bond donors (Lipinski definition) is 0. The highest BCUT2D eigenvalue weighted by molar-refractivity contribution is 7.07. The van der Waals surface area contributed by atoms with Crippen LogP contribution in [0.1, 0.15) is 18.4 Å². The van der Waals surface area contributed by atoms with E-state index < -0.39 is 5.82 Å². The number of benzene rings is 1. The zero-order valence-electron chi connectivity index (χ0n) is 13.7. The number of halogens is 1. The maximum Gasteiger partial charge on any atom is 0.268 e. The number of amides is 1. The molecule has 1 aromatic carbocycles. The van der Waals surface area contributed by atoms with E-state index in [1.54, 1.807) is 23.1 Å². The Bertz CT molecular complexity index is 1040. The molecule has 25 heavy (non-hydrogen) atoms. The minimum Gasteiger partial charge on any atom is -0.338 e. The van der Waals surface area contributed by atoms with Crippen LogP contribution >= 0.6 is 11.3 Å². The van der Waals surface area contributed by atoms with Crippen molar-refractivity contribution < 1.29 is 9.18 Å². The molecule has 7 heteroatoms. The van der Waals surface area contributed by atoms with E-state index in [0.29, 0.717) is 27.8 Å². The lowest BCUT2D eigenvalue weighted by molar-refractivity contribution is -0.123. The van der Waals surface area contributed by atoms with Gasteiger partial charge in [0.2, 0.25) is 0 Å². The predicted octanol–water partition coefficient (Wildman–Crippen LogP) is 0.711. The second kappa shape index (κ2) is 7.03. The summed E-state index contributed by atoms with van der Waals surface area (Å²) < 4.78 is 15.3. The SMILES string of the molecule is Cn1c(=O)/c(=C/c2cccc(F)c2)s/c1=C(\C#N)C(=O)N1CCCC1. The molecule has 3 rings (SSSR count). The summed E-state index contributed by atoms with van der Waals surface area (Å²) in [6.07, 6.45) is 3.41. The molecular weight excluding hydrogens is 341 g/mol. The van der Waals surface area contributed by atoms with E-state index in [1.807, 2.05) is 6.07 Å². The van der Waals surface area contributed by atoms with Gasteiger partial charge in [0.25, 0.3) is 11.5 Å². The number of aromatic nitrogens is 1. The van der Waals surface area contributed by atoms with Gasteiger partial charge < -0.3 is 9.47 Å². The monoisotopic (exact) mass is 357 g/mol. The van der Waals surface area contributed by atoms with Gasteiger partial charge in [-0.05, 0) is 36.6 Å². The Morgan fingerprint density at radius 1 is 1.36 bits per heavy atom. The summed E-state index contributed by atoms with van der Waals surface area (Å²) in [5.74, 6) is -0.731. The van der Waals surface area contributed by atoms with E-state index in [-0.39, 0.29) is 17.0 Å². The molecule has 2 heterocycles. The summed E-state index contributed by atoms with van der Waals surface area (Å²) in [7, 11) is 1.53. The summed E-state index contributed by atoms with van der Waals surface area (Å²) in [6, 6.07) is 7.85. The molecule has 0 N–H and O–H groups in total. The first-order valence-corrected chi connectivity index (χ1v) is 8.69. The second-order valence-corrected chi connectivity index (χ2v) is 6.85. The average molecular weight is 357 g/mol. The number of nitriles is 1. The van der Waals surface area contributed by atoms with Crippen LogP contribution in [0.2, 0.25) is 0 Å². The van der Waals surface area contributed by atoms with E-state index in [2.05, 4.69) is 0 Å². The molecule has 0 bridgehead atoms. The molecule has 0 atom stereocenters. The lowest BCUT2D eigenvalue weighted by atomic mass is 10.2. The first-order chi connectivity index (χ1) is 12.0. The third kappa shape index (κ3) is 3.39. The molecule has 1 amide bonds. The van der Waals surface area contributed by atoms with Crippen LogP contribution in [0.15, 0.2) is 29.1 Å². The molecule has 1 aliphatic rings. The fourth-order valence-electron chi connectivity index (χ4n) is 2.80. The van der Waals surface area contributed by atoms with Gasteiger partial charge in [0, 0.05) is 20.1 Å². The topological polar surface area (TPSA) is 66.1 Å². The molecule has 0 aliphatic carbocycles. The summed E-state index contributed by atoms with van der Waals surface area (Å²) in [6.45, 7) is 1.26. The molecule has 0 radical (unpaired) electrons. The number of carbonyl (C=O) groups is 1. The number of likely N-dealkylation sites (tertiary alicyclic amines) is 1. The first-order valence-electron chi connectivity index (χ1n) is 7.88. The molecule has 1 saturated heterocycles. The molecule has 2 aromatic rings. The summed E-state index contributed by atoms with van der Waals surface area (Å²) in [5.41, 5.74) is 0.214. The Labute approximate surface area is 147 Å². The third-order valence-electron chi connectivity index (χ3n) is 4.11. The highest BCUT2D eigenvalue weighted by Crippen LogP contribution is 2.11. The van der Waals surface area contributed by atoms with E-state index in [1.165, 1.54) is 23.7 Å². The van der Waals surface area contributed by atoms with Gasteiger partial charge in [-0.2, -0.15) is 5.26 Å². The van der Waals surface area contributed by atoms with Crippen molar-refractivity contribution >= 4 is 28.9 Å². The number of rotatable bonds is 2. The molecule has 128 valence electrons. The molecule has 5 nitrogen and oxygen atoms in total. The normalized spacial score (nSPS) is 16.0. The lowest BCUT2D eigenvalue weighted by Gasteiger charge is -2.13. The van der Waals surface area contributed by atoms with Crippen LogP contribution < -0.4 is 14.8 Å². The van der Waals surface area contributed by atoms with E-state index in [0.717, 1.165) is 24.2 Å². The van der Waals surface area contributed by atoms with Crippen molar-refractivity contribution in [2.45, 2.75) is 12.8 Å². The van der Waals surface area contributed by atoms with Gasteiger partial charge in [0.05, 0.1) is 4.53 Å².